The Morgan fingerprint density at radius 2 is 2.12 bits per heavy atom. The Labute approximate surface area is 98.4 Å². The lowest BCUT2D eigenvalue weighted by atomic mass is 9.83. The maximum atomic E-state index is 11.9. The molecular formula is C13H24N2O. The minimum Gasteiger partial charge on any atom is -0.354 e. The summed E-state index contributed by atoms with van der Waals surface area (Å²) in [6.45, 7) is 4.14. The van der Waals surface area contributed by atoms with Crippen LogP contribution in [0.25, 0.3) is 0 Å². The molecule has 1 saturated heterocycles. The molecule has 0 radical (unpaired) electrons. The fourth-order valence-electron chi connectivity index (χ4n) is 3.09. The summed E-state index contributed by atoms with van der Waals surface area (Å²) in [5, 5.41) is 6.41. The number of carbonyl (C=O) groups excluding carboxylic acids is 1. The third kappa shape index (κ3) is 2.57. The van der Waals surface area contributed by atoms with Crippen LogP contribution in [0, 0.1) is 5.41 Å². The molecule has 2 aliphatic rings. The van der Waals surface area contributed by atoms with Gasteiger partial charge < -0.3 is 10.6 Å². The monoisotopic (exact) mass is 224 g/mol. The quantitative estimate of drug-likeness (QED) is 0.765. The van der Waals surface area contributed by atoms with Crippen molar-refractivity contribution in [1.29, 1.82) is 0 Å². The predicted molar refractivity (Wildman–Crippen MR) is 65.2 cm³/mol. The van der Waals surface area contributed by atoms with Crippen molar-refractivity contribution in [2.75, 3.05) is 13.1 Å². The molecule has 1 aliphatic heterocycles. The van der Waals surface area contributed by atoms with E-state index >= 15 is 0 Å². The summed E-state index contributed by atoms with van der Waals surface area (Å²) < 4.78 is 0. The zero-order valence-corrected chi connectivity index (χ0v) is 10.3. The molecule has 0 bridgehead atoms. The van der Waals surface area contributed by atoms with Crippen molar-refractivity contribution < 1.29 is 4.79 Å². The number of carbonyl (C=O) groups is 1. The molecule has 2 N–H and O–H groups in total. The molecule has 1 amide bonds. The zero-order chi connectivity index (χ0) is 11.4. The van der Waals surface area contributed by atoms with Crippen molar-refractivity contribution in [2.45, 2.75) is 57.9 Å². The molecule has 0 aromatic rings. The molecule has 1 heterocycles. The number of nitrogens with one attached hydrogen (secondary N) is 2. The van der Waals surface area contributed by atoms with Gasteiger partial charge in [-0.1, -0.05) is 19.8 Å². The summed E-state index contributed by atoms with van der Waals surface area (Å²) in [5.74, 6) is 0.220. The summed E-state index contributed by atoms with van der Waals surface area (Å²) >= 11 is 0. The SMILES string of the molecule is CCC1(CNC(=O)[C@@H]2CCCN2)CCCC1. The normalized spacial score (nSPS) is 28.2. The van der Waals surface area contributed by atoms with Crippen LogP contribution in [0.4, 0.5) is 0 Å². The number of hydrogen-bond donors (Lipinski definition) is 2. The second kappa shape index (κ2) is 5.17. The van der Waals surface area contributed by atoms with Gasteiger partial charge in [0.25, 0.3) is 0 Å². The van der Waals surface area contributed by atoms with E-state index in [1.165, 1.54) is 32.1 Å². The summed E-state index contributed by atoms with van der Waals surface area (Å²) in [5.41, 5.74) is 0.411. The van der Waals surface area contributed by atoms with Gasteiger partial charge in [0.2, 0.25) is 5.91 Å². The van der Waals surface area contributed by atoms with Gasteiger partial charge in [-0.3, -0.25) is 4.79 Å². The van der Waals surface area contributed by atoms with Gasteiger partial charge in [0.05, 0.1) is 6.04 Å². The lowest BCUT2D eigenvalue weighted by molar-refractivity contribution is -0.123. The molecule has 0 spiro atoms. The Kier molecular flexibility index (Phi) is 3.85. The maximum Gasteiger partial charge on any atom is 0.237 e. The minimum absolute atomic E-state index is 0.0790. The average molecular weight is 224 g/mol. The maximum absolute atomic E-state index is 11.9. The van der Waals surface area contributed by atoms with Crippen molar-refractivity contribution in [1.82, 2.24) is 10.6 Å². The van der Waals surface area contributed by atoms with Crippen LogP contribution in [0.15, 0.2) is 0 Å². The zero-order valence-electron chi connectivity index (χ0n) is 10.3. The summed E-state index contributed by atoms with van der Waals surface area (Å²) in [6.07, 6.45) is 8.61. The first-order valence-electron chi connectivity index (χ1n) is 6.77. The van der Waals surface area contributed by atoms with E-state index in [1.54, 1.807) is 0 Å². The lowest BCUT2D eigenvalue weighted by Gasteiger charge is -2.28. The highest BCUT2D eigenvalue weighted by atomic mass is 16.2. The first-order valence-corrected chi connectivity index (χ1v) is 6.77. The van der Waals surface area contributed by atoms with E-state index in [4.69, 9.17) is 0 Å². The second-order valence-electron chi connectivity index (χ2n) is 5.43. The molecule has 2 fully saturated rings. The van der Waals surface area contributed by atoms with E-state index in [0.717, 1.165) is 25.9 Å². The highest BCUT2D eigenvalue weighted by molar-refractivity contribution is 5.82. The van der Waals surface area contributed by atoms with Crippen LogP contribution in [0.2, 0.25) is 0 Å². The molecule has 3 heteroatoms. The van der Waals surface area contributed by atoms with Gasteiger partial charge in [-0.2, -0.15) is 0 Å². The van der Waals surface area contributed by atoms with E-state index in [0.29, 0.717) is 5.41 Å². The summed E-state index contributed by atoms with van der Waals surface area (Å²) in [4.78, 5) is 11.9. The first kappa shape index (κ1) is 11.9. The lowest BCUT2D eigenvalue weighted by Crippen LogP contribution is -2.44. The number of hydrogen-bond acceptors (Lipinski definition) is 2. The molecule has 3 nitrogen and oxygen atoms in total. The highest BCUT2D eigenvalue weighted by Crippen LogP contribution is 2.40. The van der Waals surface area contributed by atoms with Crippen molar-refractivity contribution in [3.63, 3.8) is 0 Å². The second-order valence-corrected chi connectivity index (χ2v) is 5.43. The van der Waals surface area contributed by atoms with E-state index in [9.17, 15) is 4.79 Å². The van der Waals surface area contributed by atoms with E-state index in [2.05, 4.69) is 17.6 Å². The third-order valence-corrected chi connectivity index (χ3v) is 4.43. The van der Waals surface area contributed by atoms with Crippen molar-refractivity contribution in [3.8, 4) is 0 Å². The first-order chi connectivity index (χ1) is 7.76. The van der Waals surface area contributed by atoms with Crippen LogP contribution < -0.4 is 10.6 Å². The Morgan fingerprint density at radius 3 is 2.69 bits per heavy atom. The van der Waals surface area contributed by atoms with Crippen LogP contribution in [-0.2, 0) is 4.79 Å². The topological polar surface area (TPSA) is 41.1 Å². The Hall–Kier alpha value is -0.570. The predicted octanol–water partition coefficient (Wildman–Crippen LogP) is 1.82. The molecule has 1 aliphatic carbocycles. The van der Waals surface area contributed by atoms with Crippen LogP contribution in [0.1, 0.15) is 51.9 Å². The molecule has 2 rings (SSSR count). The molecule has 1 atom stereocenters. The van der Waals surface area contributed by atoms with Gasteiger partial charge in [0.15, 0.2) is 0 Å². The molecule has 0 unspecified atom stereocenters. The smallest absolute Gasteiger partial charge is 0.237 e. The molecular weight excluding hydrogens is 200 g/mol. The average Bonchev–Trinajstić information content (AvgIpc) is 2.98. The van der Waals surface area contributed by atoms with Crippen LogP contribution in [0.3, 0.4) is 0 Å². The van der Waals surface area contributed by atoms with Gasteiger partial charge in [-0.25, -0.2) is 0 Å². The largest absolute Gasteiger partial charge is 0.354 e. The fraction of sp³-hybridized carbons (Fsp3) is 0.923. The number of amides is 1. The molecule has 92 valence electrons. The van der Waals surface area contributed by atoms with Crippen LogP contribution >= 0.6 is 0 Å². The van der Waals surface area contributed by atoms with Gasteiger partial charge in [-0.05, 0) is 44.1 Å². The highest BCUT2D eigenvalue weighted by Gasteiger charge is 2.33. The van der Waals surface area contributed by atoms with Crippen molar-refractivity contribution >= 4 is 5.91 Å². The van der Waals surface area contributed by atoms with E-state index in [1.807, 2.05) is 0 Å². The van der Waals surface area contributed by atoms with Crippen molar-refractivity contribution in [3.05, 3.63) is 0 Å². The van der Waals surface area contributed by atoms with E-state index < -0.39 is 0 Å². The van der Waals surface area contributed by atoms with Crippen LogP contribution in [-0.4, -0.2) is 25.0 Å². The van der Waals surface area contributed by atoms with Gasteiger partial charge >= 0.3 is 0 Å². The standard InChI is InChI=1S/C13H24N2O/c1-2-13(7-3-4-8-13)10-15-12(16)11-6-5-9-14-11/h11,14H,2-10H2,1H3,(H,15,16)/t11-/m0/s1. The Morgan fingerprint density at radius 1 is 1.38 bits per heavy atom. The van der Waals surface area contributed by atoms with Crippen LogP contribution in [0.5, 0.6) is 0 Å². The summed E-state index contributed by atoms with van der Waals surface area (Å²) in [7, 11) is 0. The Bertz CT molecular complexity index is 240. The fourth-order valence-corrected chi connectivity index (χ4v) is 3.09. The van der Waals surface area contributed by atoms with Gasteiger partial charge in [0.1, 0.15) is 0 Å². The minimum atomic E-state index is 0.0790. The van der Waals surface area contributed by atoms with Gasteiger partial charge in [-0.15, -0.1) is 0 Å². The molecule has 0 aromatic carbocycles. The molecule has 1 saturated carbocycles. The third-order valence-electron chi connectivity index (χ3n) is 4.43. The summed E-state index contributed by atoms with van der Waals surface area (Å²) in [6, 6.07) is 0.0790. The van der Waals surface area contributed by atoms with Crippen molar-refractivity contribution in [2.24, 2.45) is 5.41 Å². The van der Waals surface area contributed by atoms with E-state index in [-0.39, 0.29) is 11.9 Å². The molecule has 16 heavy (non-hydrogen) atoms. The Balaban J connectivity index is 1.79. The molecule has 0 aromatic heterocycles. The number of rotatable bonds is 4. The van der Waals surface area contributed by atoms with Gasteiger partial charge in [0, 0.05) is 6.54 Å².